The fourth-order valence-corrected chi connectivity index (χ4v) is 3.36. The van der Waals surface area contributed by atoms with Crippen molar-refractivity contribution in [1.82, 2.24) is 14.9 Å². The zero-order valence-corrected chi connectivity index (χ0v) is 20.5. The maximum absolute atomic E-state index is 13.1. The van der Waals surface area contributed by atoms with Crippen molar-refractivity contribution in [3.05, 3.63) is 81.4 Å². The van der Waals surface area contributed by atoms with Gasteiger partial charge in [0, 0.05) is 11.6 Å². The van der Waals surface area contributed by atoms with Gasteiger partial charge < -0.3 is 24.8 Å². The lowest BCUT2D eigenvalue weighted by Crippen LogP contribution is -2.27. The van der Waals surface area contributed by atoms with Crippen LogP contribution in [0.25, 0.3) is 0 Å². The maximum Gasteiger partial charge on any atom is 0.335 e. The molecule has 0 atom stereocenters. The summed E-state index contributed by atoms with van der Waals surface area (Å²) >= 11 is 12.2. The summed E-state index contributed by atoms with van der Waals surface area (Å²) in [5.41, 5.74) is -0.213. The third-order valence-electron chi connectivity index (χ3n) is 4.67. The molecule has 2 aromatic carbocycles. The zero-order valence-electron chi connectivity index (χ0n) is 19.0. The van der Waals surface area contributed by atoms with Crippen LogP contribution in [0.2, 0.25) is 10.3 Å². The van der Waals surface area contributed by atoms with Crippen LogP contribution in [0.15, 0.2) is 48.5 Å². The number of halogens is 2. The summed E-state index contributed by atoms with van der Waals surface area (Å²) in [6, 6.07) is 13.0. The minimum absolute atomic E-state index is 0.0423. The number of carbonyl (C=O) groups excluding carboxylic acids is 1. The number of benzene rings is 2. The van der Waals surface area contributed by atoms with E-state index in [1.54, 1.807) is 36.4 Å². The zero-order chi connectivity index (χ0) is 25.6. The molecule has 1 heterocycles. The number of aromatic carboxylic acids is 1. The highest BCUT2D eigenvalue weighted by Gasteiger charge is 2.22. The molecule has 3 N–H and O–H groups in total. The Labute approximate surface area is 212 Å². The maximum atomic E-state index is 13.1. The van der Waals surface area contributed by atoms with Crippen LogP contribution in [-0.2, 0) is 13.1 Å². The number of aromatic nitrogens is 2. The Balaban J connectivity index is 1.80. The molecule has 0 spiro atoms. The van der Waals surface area contributed by atoms with E-state index in [1.807, 2.05) is 0 Å². The Morgan fingerprint density at radius 3 is 2.37 bits per heavy atom. The highest BCUT2D eigenvalue weighted by Crippen LogP contribution is 2.19. The lowest BCUT2D eigenvalue weighted by Gasteiger charge is -2.12. The highest BCUT2D eigenvalue weighted by atomic mass is 35.5. The molecule has 182 valence electrons. The fourth-order valence-electron chi connectivity index (χ4n) is 2.98. The smallest absolute Gasteiger partial charge is 0.335 e. The van der Waals surface area contributed by atoms with Crippen molar-refractivity contribution in [3.8, 4) is 17.6 Å². The lowest BCUT2D eigenvalue weighted by atomic mass is 10.1. The van der Waals surface area contributed by atoms with E-state index in [0.29, 0.717) is 16.3 Å². The van der Waals surface area contributed by atoms with E-state index in [-0.39, 0.29) is 41.9 Å². The number of carboxylic acid groups (broad SMARTS) is 1. The quantitative estimate of drug-likeness (QED) is 0.390. The average Bonchev–Trinajstić information content (AvgIpc) is 3.12. The lowest BCUT2D eigenvalue weighted by molar-refractivity contribution is 0.0696. The van der Waals surface area contributed by atoms with E-state index in [2.05, 4.69) is 22.1 Å². The summed E-state index contributed by atoms with van der Waals surface area (Å²) in [6.45, 7) is 3.56. The summed E-state index contributed by atoms with van der Waals surface area (Å²) in [4.78, 5) is 28.4. The molecule has 0 unspecified atom stereocenters. The third-order valence-corrected chi connectivity index (χ3v) is 5.21. The number of rotatable bonds is 8. The predicted octanol–water partition coefficient (Wildman–Crippen LogP) is 4.02. The fraction of sp³-hybridized carbons (Fsp3) is 0.240. The van der Waals surface area contributed by atoms with Crippen molar-refractivity contribution in [2.24, 2.45) is 0 Å². The number of hydrogen-bond acceptors (Lipinski definition) is 5. The van der Waals surface area contributed by atoms with Gasteiger partial charge in [0.1, 0.15) is 29.3 Å². The number of hydrogen-bond donors (Lipinski definition) is 3. The van der Waals surface area contributed by atoms with E-state index in [9.17, 15) is 14.7 Å². The van der Waals surface area contributed by atoms with Crippen molar-refractivity contribution in [3.63, 3.8) is 0 Å². The van der Waals surface area contributed by atoms with Crippen molar-refractivity contribution >= 4 is 35.1 Å². The first kappa shape index (κ1) is 26.1. The van der Waals surface area contributed by atoms with E-state index in [0.717, 1.165) is 0 Å². The molecule has 10 heteroatoms. The Morgan fingerprint density at radius 1 is 1.11 bits per heavy atom. The number of imidazole rings is 1. The molecule has 0 saturated heterocycles. The first-order valence-corrected chi connectivity index (χ1v) is 11.3. The number of carbonyl (C=O) groups is 2. The van der Waals surface area contributed by atoms with Crippen molar-refractivity contribution in [2.75, 3.05) is 6.61 Å². The second-order valence-corrected chi connectivity index (χ2v) is 8.80. The normalized spacial score (nSPS) is 10.9. The first-order chi connectivity index (χ1) is 16.5. The molecule has 0 aliphatic carbocycles. The number of aliphatic hydroxyl groups is 1. The summed E-state index contributed by atoms with van der Waals surface area (Å²) < 4.78 is 7.20. The molecule has 1 aromatic heterocycles. The van der Waals surface area contributed by atoms with Crippen LogP contribution in [0.1, 0.15) is 46.0 Å². The molecule has 0 aliphatic heterocycles. The summed E-state index contributed by atoms with van der Waals surface area (Å²) in [6.07, 6.45) is 0. The Hall–Kier alpha value is -3.51. The molecule has 0 fully saturated rings. The van der Waals surface area contributed by atoms with Gasteiger partial charge in [0.15, 0.2) is 0 Å². The second-order valence-electron chi connectivity index (χ2n) is 8.03. The Morgan fingerprint density at radius 2 is 1.77 bits per heavy atom. The molecule has 0 aliphatic rings. The monoisotopic (exact) mass is 515 g/mol. The van der Waals surface area contributed by atoms with Gasteiger partial charge in [-0.25, -0.2) is 9.78 Å². The summed E-state index contributed by atoms with van der Waals surface area (Å²) in [7, 11) is 0. The molecule has 3 rings (SSSR count). The summed E-state index contributed by atoms with van der Waals surface area (Å²) in [5, 5.41) is 22.4. The van der Waals surface area contributed by atoms with Gasteiger partial charge in [0.25, 0.3) is 5.91 Å². The van der Waals surface area contributed by atoms with Crippen molar-refractivity contribution in [2.45, 2.75) is 32.5 Å². The minimum Gasteiger partial charge on any atom is -0.492 e. The van der Waals surface area contributed by atoms with Gasteiger partial charge in [-0.3, -0.25) is 4.79 Å². The number of carboxylic acids is 1. The van der Waals surface area contributed by atoms with E-state index in [1.165, 1.54) is 30.5 Å². The molecule has 0 saturated carbocycles. The van der Waals surface area contributed by atoms with Crippen molar-refractivity contribution in [1.29, 1.82) is 0 Å². The molecule has 0 radical (unpaired) electrons. The average molecular weight is 516 g/mol. The van der Waals surface area contributed by atoms with Gasteiger partial charge in [0.2, 0.25) is 5.28 Å². The Kier molecular flexibility index (Phi) is 8.41. The third kappa shape index (κ3) is 7.49. The van der Waals surface area contributed by atoms with Gasteiger partial charge >= 0.3 is 5.97 Å². The van der Waals surface area contributed by atoms with E-state index >= 15 is 0 Å². The molecule has 8 nitrogen and oxygen atoms in total. The van der Waals surface area contributed by atoms with Gasteiger partial charge in [-0.2, -0.15) is 0 Å². The largest absolute Gasteiger partial charge is 0.492 e. The molecular weight excluding hydrogens is 493 g/mol. The molecule has 1 amide bonds. The molecule has 35 heavy (non-hydrogen) atoms. The summed E-state index contributed by atoms with van der Waals surface area (Å²) in [5.74, 6) is 4.45. The van der Waals surface area contributed by atoms with Crippen molar-refractivity contribution < 1.29 is 24.5 Å². The number of amides is 1. The van der Waals surface area contributed by atoms with Crippen LogP contribution in [0.3, 0.4) is 0 Å². The van der Waals surface area contributed by atoms with Crippen LogP contribution in [0.4, 0.5) is 0 Å². The van der Waals surface area contributed by atoms with Crippen LogP contribution in [0.5, 0.6) is 5.75 Å². The number of nitrogens with one attached hydrogen (secondary N) is 1. The molecule has 3 aromatic rings. The van der Waals surface area contributed by atoms with Crippen LogP contribution in [-0.4, -0.2) is 43.8 Å². The topological polar surface area (TPSA) is 114 Å². The SMILES string of the molecule is CC(C)(O)C#Cc1nc(Cl)n(CCOc2ccc(Cl)cc2)c1C(=O)NCc1ccc(C(=O)O)cc1. The van der Waals surface area contributed by atoms with E-state index < -0.39 is 17.5 Å². The van der Waals surface area contributed by atoms with Crippen LogP contribution < -0.4 is 10.1 Å². The first-order valence-electron chi connectivity index (χ1n) is 10.5. The number of ether oxygens (including phenoxy) is 1. The van der Waals surface area contributed by atoms with E-state index in [4.69, 9.17) is 33.0 Å². The standard InChI is InChI=1S/C25H23Cl2N3O5/c1-25(2,34)12-11-20-21(22(31)28-15-16-3-5-17(6-4-16)23(32)33)30(24(27)29-20)13-14-35-19-9-7-18(26)8-10-19/h3-10,34H,13-15H2,1-2H3,(H,28,31)(H,32,33). The molecular formula is C25H23Cl2N3O5. The van der Waals surface area contributed by atoms with Crippen LogP contribution in [0, 0.1) is 11.8 Å². The Bertz CT molecular complexity index is 1270. The molecule has 0 bridgehead atoms. The van der Waals surface area contributed by atoms with Gasteiger partial charge in [0.05, 0.1) is 12.1 Å². The number of nitrogens with zero attached hydrogens (tertiary/aromatic N) is 2. The second kappa shape index (κ2) is 11.3. The minimum atomic E-state index is -1.30. The predicted molar refractivity (Wildman–Crippen MR) is 132 cm³/mol. The van der Waals surface area contributed by atoms with Gasteiger partial charge in [-0.05, 0) is 73.3 Å². The van der Waals surface area contributed by atoms with Crippen LogP contribution >= 0.6 is 23.2 Å². The van der Waals surface area contributed by atoms with Gasteiger partial charge in [-0.15, -0.1) is 0 Å². The highest BCUT2D eigenvalue weighted by molar-refractivity contribution is 6.30. The van der Waals surface area contributed by atoms with Gasteiger partial charge in [-0.1, -0.05) is 29.7 Å².